The Hall–Kier alpha value is -0.870. The van der Waals surface area contributed by atoms with Crippen molar-refractivity contribution in [2.75, 3.05) is 22.9 Å². The molecule has 0 aliphatic carbocycles. The van der Waals surface area contributed by atoms with E-state index in [0.29, 0.717) is 35.3 Å². The van der Waals surface area contributed by atoms with Gasteiger partial charge in [-0.1, -0.05) is 11.6 Å². The lowest BCUT2D eigenvalue weighted by Gasteiger charge is -2.19. The number of carbonyl (C=O) groups excluding carboxylic acids is 1. The first-order valence-corrected chi connectivity index (χ1v) is 6.50. The van der Waals surface area contributed by atoms with E-state index in [2.05, 4.69) is 12.6 Å². The molecular weight excluding hydrogens is 256 g/mol. The number of rotatable bonds is 2. The summed E-state index contributed by atoms with van der Waals surface area (Å²) >= 11 is 10.3. The Morgan fingerprint density at radius 2 is 2.29 bits per heavy atom. The number of thiol groups is 1. The Bertz CT molecular complexity index is 464. The van der Waals surface area contributed by atoms with E-state index in [1.807, 2.05) is 6.92 Å². The molecule has 1 aliphatic rings. The molecule has 1 fully saturated rings. The maximum atomic E-state index is 11.9. The van der Waals surface area contributed by atoms with E-state index in [1.54, 1.807) is 17.0 Å². The topological polar surface area (TPSA) is 46.3 Å². The highest BCUT2D eigenvalue weighted by atomic mass is 35.5. The Kier molecular flexibility index (Phi) is 3.54. The van der Waals surface area contributed by atoms with Gasteiger partial charge in [-0.15, -0.1) is 0 Å². The highest BCUT2D eigenvalue weighted by Crippen LogP contribution is 2.34. The second kappa shape index (κ2) is 4.78. The van der Waals surface area contributed by atoms with E-state index in [-0.39, 0.29) is 5.91 Å². The molecule has 0 radical (unpaired) electrons. The maximum absolute atomic E-state index is 11.9. The van der Waals surface area contributed by atoms with Gasteiger partial charge in [-0.2, -0.15) is 12.6 Å². The summed E-state index contributed by atoms with van der Waals surface area (Å²) in [6.07, 6.45) is 0.536. The zero-order valence-electron chi connectivity index (χ0n) is 9.61. The van der Waals surface area contributed by atoms with E-state index in [1.165, 1.54) is 0 Å². The van der Waals surface area contributed by atoms with Crippen molar-refractivity contribution in [3.63, 3.8) is 0 Å². The van der Waals surface area contributed by atoms with Crippen LogP contribution in [0.4, 0.5) is 11.4 Å². The van der Waals surface area contributed by atoms with Gasteiger partial charge in [0.25, 0.3) is 0 Å². The van der Waals surface area contributed by atoms with E-state index < -0.39 is 0 Å². The first-order valence-electron chi connectivity index (χ1n) is 5.49. The van der Waals surface area contributed by atoms with Crippen LogP contribution in [0.15, 0.2) is 12.1 Å². The van der Waals surface area contributed by atoms with Gasteiger partial charge in [-0.3, -0.25) is 4.79 Å². The predicted molar refractivity (Wildman–Crippen MR) is 74.9 cm³/mol. The molecule has 3 nitrogen and oxygen atoms in total. The predicted octanol–water partition coefficient (Wildman–Crippen LogP) is 2.51. The Labute approximate surface area is 111 Å². The number of hydrogen-bond donors (Lipinski definition) is 2. The molecule has 1 aliphatic heterocycles. The van der Waals surface area contributed by atoms with Crippen LogP contribution in [0.1, 0.15) is 12.0 Å². The van der Waals surface area contributed by atoms with E-state index in [9.17, 15) is 4.79 Å². The van der Waals surface area contributed by atoms with Crippen molar-refractivity contribution in [2.24, 2.45) is 5.92 Å². The summed E-state index contributed by atoms with van der Waals surface area (Å²) < 4.78 is 0. The molecule has 0 spiro atoms. The average Bonchev–Trinajstić information content (AvgIpc) is 2.65. The molecule has 1 aromatic rings. The Morgan fingerprint density at radius 1 is 1.59 bits per heavy atom. The number of nitrogens with two attached hydrogens (primary N) is 1. The van der Waals surface area contributed by atoms with Crippen LogP contribution < -0.4 is 10.6 Å². The largest absolute Gasteiger partial charge is 0.397 e. The van der Waals surface area contributed by atoms with Crippen molar-refractivity contribution in [2.45, 2.75) is 13.3 Å². The molecule has 92 valence electrons. The van der Waals surface area contributed by atoms with Gasteiger partial charge in [0.15, 0.2) is 0 Å². The fourth-order valence-electron chi connectivity index (χ4n) is 2.06. The Morgan fingerprint density at radius 3 is 2.88 bits per heavy atom. The lowest BCUT2D eigenvalue weighted by Crippen LogP contribution is -2.25. The molecule has 17 heavy (non-hydrogen) atoms. The smallest absolute Gasteiger partial charge is 0.227 e. The second-order valence-corrected chi connectivity index (χ2v) is 5.19. The Balaban J connectivity index is 2.35. The quantitative estimate of drug-likeness (QED) is 0.641. The monoisotopic (exact) mass is 270 g/mol. The molecule has 1 heterocycles. The van der Waals surface area contributed by atoms with Crippen LogP contribution in [0.2, 0.25) is 5.02 Å². The second-order valence-electron chi connectivity index (χ2n) is 4.42. The van der Waals surface area contributed by atoms with Crippen molar-refractivity contribution >= 4 is 41.5 Å². The van der Waals surface area contributed by atoms with Crippen molar-refractivity contribution in [3.8, 4) is 0 Å². The molecule has 1 atom stereocenters. The summed E-state index contributed by atoms with van der Waals surface area (Å²) in [4.78, 5) is 13.6. The summed E-state index contributed by atoms with van der Waals surface area (Å²) in [7, 11) is 0. The van der Waals surface area contributed by atoms with Gasteiger partial charge in [0, 0.05) is 18.0 Å². The van der Waals surface area contributed by atoms with Crippen LogP contribution in [0.3, 0.4) is 0 Å². The minimum atomic E-state index is 0.0932. The third-order valence-corrected chi connectivity index (χ3v) is 3.99. The fourth-order valence-corrected chi connectivity index (χ4v) is 2.47. The average molecular weight is 271 g/mol. The van der Waals surface area contributed by atoms with Gasteiger partial charge in [0.05, 0.1) is 11.4 Å². The van der Waals surface area contributed by atoms with Crippen molar-refractivity contribution < 1.29 is 4.79 Å². The van der Waals surface area contributed by atoms with Crippen LogP contribution >= 0.6 is 24.2 Å². The number of nitrogen functional groups attached to an aromatic ring is 1. The number of amides is 1. The molecule has 1 amide bonds. The number of halogens is 1. The summed E-state index contributed by atoms with van der Waals surface area (Å²) in [5, 5.41) is 0.635. The van der Waals surface area contributed by atoms with Crippen molar-refractivity contribution in [3.05, 3.63) is 22.7 Å². The highest BCUT2D eigenvalue weighted by Gasteiger charge is 2.30. The normalized spacial score (nSPS) is 20.1. The van der Waals surface area contributed by atoms with Gasteiger partial charge in [-0.25, -0.2) is 0 Å². The lowest BCUT2D eigenvalue weighted by atomic mass is 10.1. The van der Waals surface area contributed by atoms with E-state index >= 15 is 0 Å². The summed E-state index contributed by atoms with van der Waals surface area (Å²) in [5.41, 5.74) is 8.18. The molecule has 0 saturated carbocycles. The van der Waals surface area contributed by atoms with Gasteiger partial charge in [-0.05, 0) is 36.3 Å². The summed E-state index contributed by atoms with van der Waals surface area (Å²) in [5.74, 6) is 1.10. The number of benzene rings is 1. The molecule has 1 saturated heterocycles. The summed E-state index contributed by atoms with van der Waals surface area (Å²) in [6.45, 7) is 2.57. The number of hydrogen-bond acceptors (Lipinski definition) is 3. The third kappa shape index (κ3) is 2.38. The number of anilines is 2. The molecule has 2 N–H and O–H groups in total. The highest BCUT2D eigenvalue weighted by molar-refractivity contribution is 7.80. The maximum Gasteiger partial charge on any atom is 0.227 e. The van der Waals surface area contributed by atoms with Gasteiger partial charge >= 0.3 is 0 Å². The molecule has 0 aromatic heterocycles. The number of carbonyl (C=O) groups is 1. The molecule has 1 unspecified atom stereocenters. The molecular formula is C12H15ClN2OS. The van der Waals surface area contributed by atoms with Gasteiger partial charge in [0.2, 0.25) is 5.91 Å². The number of nitrogens with zero attached hydrogens (tertiary/aromatic N) is 1. The van der Waals surface area contributed by atoms with Crippen LogP contribution in [0.25, 0.3) is 0 Å². The minimum Gasteiger partial charge on any atom is -0.397 e. The SMILES string of the molecule is Cc1cc(N)c(N2CC(CS)CC2=O)cc1Cl. The zero-order chi connectivity index (χ0) is 12.6. The zero-order valence-corrected chi connectivity index (χ0v) is 11.3. The fraction of sp³-hybridized carbons (Fsp3) is 0.417. The summed E-state index contributed by atoms with van der Waals surface area (Å²) in [6, 6.07) is 3.57. The van der Waals surface area contributed by atoms with Crippen molar-refractivity contribution in [1.82, 2.24) is 0 Å². The van der Waals surface area contributed by atoms with Gasteiger partial charge < -0.3 is 10.6 Å². The van der Waals surface area contributed by atoms with E-state index in [4.69, 9.17) is 17.3 Å². The lowest BCUT2D eigenvalue weighted by molar-refractivity contribution is -0.117. The molecule has 2 rings (SSSR count). The third-order valence-electron chi connectivity index (χ3n) is 3.06. The van der Waals surface area contributed by atoms with Gasteiger partial charge in [0.1, 0.15) is 0 Å². The molecule has 5 heteroatoms. The standard InChI is InChI=1S/C12H15ClN2OS/c1-7-2-10(14)11(4-9(7)13)15-5-8(6-17)3-12(15)16/h2,4,8,17H,3,5-6,14H2,1H3. The number of aryl methyl sites for hydroxylation is 1. The first kappa shape index (κ1) is 12.6. The van der Waals surface area contributed by atoms with E-state index in [0.717, 1.165) is 11.3 Å². The molecule has 0 bridgehead atoms. The minimum absolute atomic E-state index is 0.0932. The van der Waals surface area contributed by atoms with Crippen molar-refractivity contribution in [1.29, 1.82) is 0 Å². The van der Waals surface area contributed by atoms with Crippen LogP contribution in [-0.2, 0) is 4.79 Å². The van der Waals surface area contributed by atoms with Crippen LogP contribution in [0, 0.1) is 12.8 Å². The molecule has 1 aromatic carbocycles. The van der Waals surface area contributed by atoms with Crippen LogP contribution in [-0.4, -0.2) is 18.2 Å². The first-order chi connectivity index (χ1) is 8.02. The van der Waals surface area contributed by atoms with Crippen LogP contribution in [0.5, 0.6) is 0 Å².